The molecule has 0 aliphatic heterocycles. The molecule has 0 aliphatic rings. The Labute approximate surface area is 176 Å². The maximum absolute atomic E-state index is 12.6. The Balaban J connectivity index is 1.68. The molecule has 8 heteroatoms. The number of methoxy groups -OCH3 is 1. The number of aromatic nitrogens is 4. The molecule has 8 nitrogen and oxygen atoms in total. The first-order valence-electron chi connectivity index (χ1n) is 9.96. The standard InChI is InChI=1S/C22H28N6O2/c1-6-19(17-7-9-18(30-5)10-8-17)23-13-21(29)26-20-12-16(4)27-28(20)22-24-14(2)11-15(3)25-22/h7-12,19,23H,6,13H2,1-5H3,(H,26,29). The smallest absolute Gasteiger partial charge is 0.252 e. The molecule has 0 aliphatic carbocycles. The van der Waals surface area contributed by atoms with Crippen LogP contribution in [0.4, 0.5) is 5.82 Å². The molecule has 2 heterocycles. The minimum Gasteiger partial charge on any atom is -0.497 e. The van der Waals surface area contributed by atoms with Crippen LogP contribution < -0.4 is 15.4 Å². The lowest BCUT2D eigenvalue weighted by Crippen LogP contribution is -2.31. The van der Waals surface area contributed by atoms with Gasteiger partial charge in [0.25, 0.3) is 5.95 Å². The van der Waals surface area contributed by atoms with Gasteiger partial charge in [-0.15, -0.1) is 0 Å². The molecule has 3 rings (SSSR count). The van der Waals surface area contributed by atoms with Gasteiger partial charge in [0.2, 0.25) is 5.91 Å². The fourth-order valence-corrected chi connectivity index (χ4v) is 3.28. The summed E-state index contributed by atoms with van der Waals surface area (Å²) in [6.45, 7) is 7.92. The molecule has 0 fully saturated rings. The van der Waals surface area contributed by atoms with Crippen molar-refractivity contribution in [1.82, 2.24) is 25.1 Å². The van der Waals surface area contributed by atoms with Crippen molar-refractivity contribution in [2.45, 2.75) is 40.2 Å². The van der Waals surface area contributed by atoms with Crippen LogP contribution in [0.15, 0.2) is 36.4 Å². The number of aryl methyl sites for hydroxylation is 3. The number of carbonyl (C=O) groups is 1. The highest BCUT2D eigenvalue weighted by Gasteiger charge is 2.15. The van der Waals surface area contributed by atoms with E-state index in [1.165, 1.54) is 0 Å². The predicted octanol–water partition coefficient (Wildman–Crippen LogP) is 3.28. The van der Waals surface area contributed by atoms with Crippen LogP contribution in [-0.4, -0.2) is 39.3 Å². The summed E-state index contributed by atoms with van der Waals surface area (Å²) < 4.78 is 6.77. The Morgan fingerprint density at radius 1 is 1.07 bits per heavy atom. The van der Waals surface area contributed by atoms with Crippen molar-refractivity contribution >= 4 is 11.7 Å². The number of benzene rings is 1. The van der Waals surface area contributed by atoms with Crippen LogP contribution in [0.2, 0.25) is 0 Å². The number of anilines is 1. The second-order valence-corrected chi connectivity index (χ2v) is 7.20. The molecular weight excluding hydrogens is 380 g/mol. The van der Waals surface area contributed by atoms with E-state index in [9.17, 15) is 4.79 Å². The lowest BCUT2D eigenvalue weighted by molar-refractivity contribution is -0.115. The van der Waals surface area contributed by atoms with Gasteiger partial charge < -0.3 is 15.4 Å². The second kappa shape index (κ2) is 9.49. The van der Waals surface area contributed by atoms with Gasteiger partial charge in [-0.2, -0.15) is 9.78 Å². The molecule has 2 N–H and O–H groups in total. The summed E-state index contributed by atoms with van der Waals surface area (Å²) in [5.74, 6) is 1.63. The van der Waals surface area contributed by atoms with Crippen molar-refractivity contribution in [2.75, 3.05) is 19.0 Å². The largest absolute Gasteiger partial charge is 0.497 e. The van der Waals surface area contributed by atoms with Crippen LogP contribution in [0.5, 0.6) is 5.75 Å². The maximum Gasteiger partial charge on any atom is 0.252 e. The topological polar surface area (TPSA) is 94.0 Å². The van der Waals surface area contributed by atoms with Crippen molar-refractivity contribution in [1.29, 1.82) is 0 Å². The van der Waals surface area contributed by atoms with Gasteiger partial charge in [-0.25, -0.2) is 9.97 Å². The number of ether oxygens (including phenoxy) is 1. The van der Waals surface area contributed by atoms with Crippen molar-refractivity contribution in [3.8, 4) is 11.7 Å². The summed E-state index contributed by atoms with van der Waals surface area (Å²) in [5, 5.41) is 10.7. The van der Waals surface area contributed by atoms with Crippen LogP contribution in [0.1, 0.15) is 42.0 Å². The van der Waals surface area contributed by atoms with Gasteiger partial charge in [0.15, 0.2) is 0 Å². The molecule has 0 saturated carbocycles. The first-order valence-corrected chi connectivity index (χ1v) is 9.96. The molecule has 2 aromatic heterocycles. The second-order valence-electron chi connectivity index (χ2n) is 7.20. The third-order valence-electron chi connectivity index (χ3n) is 4.69. The fourth-order valence-electron chi connectivity index (χ4n) is 3.28. The highest BCUT2D eigenvalue weighted by atomic mass is 16.5. The molecule has 0 radical (unpaired) electrons. The molecule has 158 valence electrons. The fraction of sp³-hybridized carbons (Fsp3) is 0.364. The molecule has 30 heavy (non-hydrogen) atoms. The zero-order valence-corrected chi connectivity index (χ0v) is 18.1. The van der Waals surface area contributed by atoms with E-state index in [1.54, 1.807) is 17.9 Å². The average molecular weight is 409 g/mol. The van der Waals surface area contributed by atoms with E-state index in [0.717, 1.165) is 34.8 Å². The Hall–Kier alpha value is -3.26. The van der Waals surface area contributed by atoms with Crippen LogP contribution in [0.3, 0.4) is 0 Å². The minimum atomic E-state index is -0.160. The van der Waals surface area contributed by atoms with Crippen molar-refractivity contribution in [3.63, 3.8) is 0 Å². The highest BCUT2D eigenvalue weighted by Crippen LogP contribution is 2.20. The van der Waals surface area contributed by atoms with E-state index in [1.807, 2.05) is 51.1 Å². The number of rotatable bonds is 8. The third kappa shape index (κ3) is 5.21. The number of carbonyl (C=O) groups excluding carboxylic acids is 1. The van der Waals surface area contributed by atoms with E-state index in [4.69, 9.17) is 4.74 Å². The summed E-state index contributed by atoms with van der Waals surface area (Å²) in [6.07, 6.45) is 0.854. The lowest BCUT2D eigenvalue weighted by Gasteiger charge is -2.17. The van der Waals surface area contributed by atoms with E-state index < -0.39 is 0 Å². The number of nitrogens with zero attached hydrogens (tertiary/aromatic N) is 4. The van der Waals surface area contributed by atoms with Crippen LogP contribution in [0, 0.1) is 20.8 Å². The summed E-state index contributed by atoms with van der Waals surface area (Å²) >= 11 is 0. The molecule has 1 aromatic carbocycles. The molecule has 0 bridgehead atoms. The van der Waals surface area contributed by atoms with Gasteiger partial charge in [0.05, 0.1) is 19.3 Å². The van der Waals surface area contributed by atoms with Gasteiger partial charge in [0.1, 0.15) is 11.6 Å². The summed E-state index contributed by atoms with van der Waals surface area (Å²) in [7, 11) is 1.64. The van der Waals surface area contributed by atoms with Crippen molar-refractivity contribution in [3.05, 3.63) is 59.0 Å². The third-order valence-corrected chi connectivity index (χ3v) is 4.69. The Morgan fingerprint density at radius 2 is 1.73 bits per heavy atom. The normalized spacial score (nSPS) is 11.9. The predicted molar refractivity (Wildman–Crippen MR) is 116 cm³/mol. The van der Waals surface area contributed by atoms with Crippen LogP contribution in [-0.2, 0) is 4.79 Å². The minimum absolute atomic E-state index is 0.0658. The van der Waals surface area contributed by atoms with Gasteiger partial charge in [-0.1, -0.05) is 19.1 Å². The zero-order valence-electron chi connectivity index (χ0n) is 18.1. The van der Waals surface area contributed by atoms with Crippen molar-refractivity contribution in [2.24, 2.45) is 0 Å². The summed E-state index contributed by atoms with van der Waals surface area (Å²) in [6, 6.07) is 11.6. The first kappa shape index (κ1) is 21.4. The first-order chi connectivity index (χ1) is 14.4. The van der Waals surface area contributed by atoms with E-state index in [2.05, 4.69) is 32.6 Å². The van der Waals surface area contributed by atoms with E-state index >= 15 is 0 Å². The molecule has 1 atom stereocenters. The van der Waals surface area contributed by atoms with Crippen LogP contribution >= 0.6 is 0 Å². The van der Waals surface area contributed by atoms with Gasteiger partial charge >= 0.3 is 0 Å². The quantitative estimate of drug-likeness (QED) is 0.594. The Morgan fingerprint density at radius 3 is 2.33 bits per heavy atom. The summed E-state index contributed by atoms with van der Waals surface area (Å²) in [5.41, 5.74) is 3.56. The number of hydrogen-bond acceptors (Lipinski definition) is 6. The molecule has 3 aromatic rings. The SMILES string of the molecule is CCC(NCC(=O)Nc1cc(C)nn1-c1nc(C)cc(C)n1)c1ccc(OC)cc1. The Kier molecular flexibility index (Phi) is 6.79. The average Bonchev–Trinajstić information content (AvgIpc) is 3.08. The Bertz CT molecular complexity index is 993. The number of hydrogen-bond donors (Lipinski definition) is 2. The van der Waals surface area contributed by atoms with Gasteiger partial charge in [-0.3, -0.25) is 4.79 Å². The van der Waals surface area contributed by atoms with E-state index in [-0.39, 0.29) is 18.5 Å². The number of nitrogens with one attached hydrogen (secondary N) is 2. The molecule has 0 saturated heterocycles. The summed E-state index contributed by atoms with van der Waals surface area (Å²) in [4.78, 5) is 21.5. The lowest BCUT2D eigenvalue weighted by atomic mass is 10.0. The molecule has 1 unspecified atom stereocenters. The van der Waals surface area contributed by atoms with E-state index in [0.29, 0.717) is 11.8 Å². The van der Waals surface area contributed by atoms with Gasteiger partial charge in [-0.05, 0) is 51.0 Å². The monoisotopic (exact) mass is 408 g/mol. The molecule has 0 spiro atoms. The van der Waals surface area contributed by atoms with Crippen molar-refractivity contribution < 1.29 is 9.53 Å². The molecule has 1 amide bonds. The van der Waals surface area contributed by atoms with Crippen LogP contribution in [0.25, 0.3) is 5.95 Å². The highest BCUT2D eigenvalue weighted by molar-refractivity contribution is 5.91. The zero-order chi connectivity index (χ0) is 21.7. The maximum atomic E-state index is 12.6. The molecular formula is C22H28N6O2. The number of amides is 1. The van der Waals surface area contributed by atoms with Gasteiger partial charge in [0, 0.05) is 23.5 Å².